The quantitative estimate of drug-likeness (QED) is 0.409. The van der Waals surface area contributed by atoms with Crippen molar-refractivity contribution in [2.24, 2.45) is 0 Å². The molecule has 0 aliphatic carbocycles. The van der Waals surface area contributed by atoms with Crippen LogP contribution < -0.4 is 5.32 Å². The summed E-state index contributed by atoms with van der Waals surface area (Å²) < 4.78 is 18.5. The van der Waals surface area contributed by atoms with Crippen LogP contribution in [0.5, 0.6) is 0 Å². The Morgan fingerprint density at radius 3 is 2.57 bits per heavy atom. The van der Waals surface area contributed by atoms with Gasteiger partial charge in [0.2, 0.25) is 0 Å². The number of amides is 3. The zero-order chi connectivity index (χ0) is 21.7. The molecule has 154 valence electrons. The highest BCUT2D eigenvalue weighted by molar-refractivity contribution is 6.22. The highest BCUT2D eigenvalue weighted by atomic mass is 19.1. The zero-order valence-electron chi connectivity index (χ0n) is 16.0. The Balaban J connectivity index is 1.53. The first-order valence-electron chi connectivity index (χ1n) is 9.20. The summed E-state index contributed by atoms with van der Waals surface area (Å²) in [5.74, 6) is -2.66. The van der Waals surface area contributed by atoms with Gasteiger partial charge in [-0.1, -0.05) is 24.3 Å². The molecule has 3 rings (SSSR count). The Morgan fingerprint density at radius 1 is 1.10 bits per heavy atom. The fourth-order valence-electron chi connectivity index (χ4n) is 3.02. The lowest BCUT2D eigenvalue weighted by Crippen LogP contribution is -2.30. The van der Waals surface area contributed by atoms with Crippen LogP contribution in [-0.4, -0.2) is 48.3 Å². The summed E-state index contributed by atoms with van der Waals surface area (Å²) in [4.78, 5) is 49.6. The van der Waals surface area contributed by atoms with Gasteiger partial charge in [0.1, 0.15) is 5.82 Å². The predicted molar refractivity (Wildman–Crippen MR) is 105 cm³/mol. The van der Waals surface area contributed by atoms with Crippen molar-refractivity contribution in [2.75, 3.05) is 19.7 Å². The lowest BCUT2D eigenvalue weighted by molar-refractivity contribution is -0.124. The number of halogens is 1. The minimum atomic E-state index is -0.801. The van der Waals surface area contributed by atoms with Crippen LogP contribution in [-0.2, 0) is 16.0 Å². The first kappa shape index (κ1) is 20.9. The van der Waals surface area contributed by atoms with E-state index in [4.69, 9.17) is 4.74 Å². The maximum absolute atomic E-state index is 13.5. The third-order valence-electron chi connectivity index (χ3n) is 4.53. The second kappa shape index (κ2) is 9.13. The van der Waals surface area contributed by atoms with Gasteiger partial charge in [0.05, 0.1) is 16.7 Å². The van der Waals surface area contributed by atoms with E-state index >= 15 is 0 Å². The molecule has 0 atom stereocenters. The molecule has 0 aromatic heterocycles. The molecule has 0 spiro atoms. The van der Waals surface area contributed by atoms with Gasteiger partial charge in [-0.3, -0.25) is 19.3 Å². The normalized spacial score (nSPS) is 12.5. The number of benzene rings is 2. The maximum atomic E-state index is 13.5. The highest BCUT2D eigenvalue weighted by Gasteiger charge is 2.35. The molecule has 2 aromatic carbocycles. The van der Waals surface area contributed by atoms with Crippen molar-refractivity contribution in [1.29, 1.82) is 0 Å². The summed E-state index contributed by atoms with van der Waals surface area (Å²) in [6.07, 6.45) is 1.73. The number of carbonyl (C=O) groups is 4. The van der Waals surface area contributed by atoms with E-state index in [2.05, 4.69) is 11.9 Å². The second-order valence-electron chi connectivity index (χ2n) is 6.54. The Hall–Kier alpha value is -3.81. The average molecular weight is 410 g/mol. The first-order valence-corrected chi connectivity index (χ1v) is 9.20. The predicted octanol–water partition coefficient (Wildman–Crippen LogP) is 2.12. The molecule has 0 bridgehead atoms. The summed E-state index contributed by atoms with van der Waals surface area (Å²) in [6, 6.07) is 10.3. The number of imide groups is 1. The van der Waals surface area contributed by atoms with Crippen LogP contribution in [0.4, 0.5) is 4.39 Å². The van der Waals surface area contributed by atoms with E-state index in [1.54, 1.807) is 18.2 Å². The largest absolute Gasteiger partial charge is 0.452 e. The molecular weight excluding hydrogens is 391 g/mol. The molecule has 3 amide bonds. The molecule has 1 aliphatic rings. The standard InChI is InChI=1S/C22H19FN2O5/c1-2-11-25-20(27)16-8-7-15(12-17(16)21(25)28)22(29)30-13-19(26)24-10-9-14-5-3-4-6-18(14)23/h2-8,12H,1,9-11,13H2,(H,24,26). The van der Waals surface area contributed by atoms with E-state index in [1.807, 2.05) is 0 Å². The maximum Gasteiger partial charge on any atom is 0.338 e. The highest BCUT2D eigenvalue weighted by Crippen LogP contribution is 2.24. The molecule has 0 radical (unpaired) electrons. The van der Waals surface area contributed by atoms with E-state index in [-0.39, 0.29) is 35.6 Å². The summed E-state index contributed by atoms with van der Waals surface area (Å²) in [5, 5.41) is 2.54. The molecule has 1 N–H and O–H groups in total. The van der Waals surface area contributed by atoms with Gasteiger partial charge in [-0.15, -0.1) is 6.58 Å². The van der Waals surface area contributed by atoms with Gasteiger partial charge in [0.25, 0.3) is 17.7 Å². The smallest absolute Gasteiger partial charge is 0.338 e. The first-order chi connectivity index (χ1) is 14.4. The summed E-state index contributed by atoms with van der Waals surface area (Å²) >= 11 is 0. The fourth-order valence-corrected chi connectivity index (χ4v) is 3.02. The van der Waals surface area contributed by atoms with Gasteiger partial charge >= 0.3 is 5.97 Å². The molecule has 0 fully saturated rings. The third-order valence-corrected chi connectivity index (χ3v) is 4.53. The van der Waals surface area contributed by atoms with Gasteiger partial charge < -0.3 is 10.1 Å². The molecule has 30 heavy (non-hydrogen) atoms. The van der Waals surface area contributed by atoms with E-state index < -0.39 is 30.3 Å². The Morgan fingerprint density at radius 2 is 1.83 bits per heavy atom. The van der Waals surface area contributed by atoms with Crippen molar-refractivity contribution < 1.29 is 28.3 Å². The van der Waals surface area contributed by atoms with Gasteiger partial charge in [0, 0.05) is 13.1 Å². The van der Waals surface area contributed by atoms with Gasteiger partial charge in [-0.05, 0) is 36.2 Å². The third kappa shape index (κ3) is 4.43. The number of esters is 1. The van der Waals surface area contributed by atoms with Crippen LogP contribution in [0.25, 0.3) is 0 Å². The van der Waals surface area contributed by atoms with Crippen LogP contribution in [0, 0.1) is 5.82 Å². The van der Waals surface area contributed by atoms with Crippen molar-refractivity contribution in [3.63, 3.8) is 0 Å². The summed E-state index contributed by atoms with van der Waals surface area (Å²) in [5.41, 5.74) is 0.821. The number of nitrogens with one attached hydrogen (secondary N) is 1. The number of nitrogens with zero attached hydrogens (tertiary/aromatic N) is 1. The monoisotopic (exact) mass is 410 g/mol. The molecule has 8 heteroatoms. The van der Waals surface area contributed by atoms with Crippen molar-refractivity contribution in [3.05, 3.63) is 83.2 Å². The van der Waals surface area contributed by atoms with Crippen LogP contribution in [0.2, 0.25) is 0 Å². The lowest BCUT2D eigenvalue weighted by atomic mass is 10.1. The lowest BCUT2D eigenvalue weighted by Gasteiger charge is -2.09. The van der Waals surface area contributed by atoms with Crippen LogP contribution in [0.1, 0.15) is 36.6 Å². The zero-order valence-corrected chi connectivity index (χ0v) is 16.0. The number of carbonyl (C=O) groups excluding carboxylic acids is 4. The molecular formula is C22H19FN2O5. The van der Waals surface area contributed by atoms with Crippen LogP contribution in [0.15, 0.2) is 55.1 Å². The summed E-state index contributed by atoms with van der Waals surface area (Å²) in [6.45, 7) is 3.24. The number of fused-ring (bicyclic) bond motifs is 1. The minimum Gasteiger partial charge on any atom is -0.452 e. The van der Waals surface area contributed by atoms with Gasteiger partial charge in [0.15, 0.2) is 6.61 Å². The van der Waals surface area contributed by atoms with E-state index in [9.17, 15) is 23.6 Å². The molecule has 0 saturated carbocycles. The Kier molecular flexibility index (Phi) is 6.36. The molecule has 1 aliphatic heterocycles. The molecule has 2 aromatic rings. The topological polar surface area (TPSA) is 92.8 Å². The van der Waals surface area contributed by atoms with Crippen LogP contribution >= 0.6 is 0 Å². The van der Waals surface area contributed by atoms with E-state index in [0.717, 1.165) is 4.90 Å². The Labute approximate surface area is 172 Å². The van der Waals surface area contributed by atoms with Crippen LogP contribution in [0.3, 0.4) is 0 Å². The number of ether oxygens (including phenoxy) is 1. The van der Waals surface area contributed by atoms with E-state index in [0.29, 0.717) is 12.0 Å². The van der Waals surface area contributed by atoms with Crippen molar-refractivity contribution in [2.45, 2.75) is 6.42 Å². The molecule has 0 saturated heterocycles. The molecule has 7 nitrogen and oxygen atoms in total. The minimum absolute atomic E-state index is 0.0505. The molecule has 0 unspecified atom stereocenters. The SMILES string of the molecule is C=CCN1C(=O)c2ccc(C(=O)OCC(=O)NCCc3ccccc3F)cc2C1=O. The van der Waals surface area contributed by atoms with Gasteiger partial charge in [-0.2, -0.15) is 0 Å². The van der Waals surface area contributed by atoms with Crippen molar-refractivity contribution in [1.82, 2.24) is 10.2 Å². The number of hydrogen-bond donors (Lipinski definition) is 1. The second-order valence-corrected chi connectivity index (χ2v) is 6.54. The van der Waals surface area contributed by atoms with Crippen molar-refractivity contribution in [3.8, 4) is 0 Å². The average Bonchev–Trinajstić information content (AvgIpc) is 2.98. The fraction of sp³-hybridized carbons (Fsp3) is 0.182. The molecule has 1 heterocycles. The number of rotatable bonds is 8. The Bertz CT molecular complexity index is 1030. The van der Waals surface area contributed by atoms with E-state index in [1.165, 1.54) is 30.3 Å². The van der Waals surface area contributed by atoms with Gasteiger partial charge in [-0.25, -0.2) is 9.18 Å². The van der Waals surface area contributed by atoms with Crippen molar-refractivity contribution >= 4 is 23.7 Å². The number of hydrogen-bond acceptors (Lipinski definition) is 5. The summed E-state index contributed by atoms with van der Waals surface area (Å²) in [7, 11) is 0.